The van der Waals surface area contributed by atoms with Crippen molar-refractivity contribution in [2.45, 2.75) is 13.2 Å². The van der Waals surface area contributed by atoms with Crippen LogP contribution in [-0.2, 0) is 22.7 Å². The topological polar surface area (TPSA) is 112 Å². The van der Waals surface area contributed by atoms with Crippen LogP contribution in [0.4, 0.5) is 0 Å². The number of nitrogens with one attached hydrogen (secondary N) is 1. The van der Waals surface area contributed by atoms with Gasteiger partial charge in [0.15, 0.2) is 17.4 Å². The number of nitrogens with zero attached hydrogens (tertiary/aromatic N) is 3. The average molecular weight is 438 g/mol. The third-order valence-corrected chi connectivity index (χ3v) is 4.56. The Morgan fingerprint density at radius 1 is 1.16 bits per heavy atom. The van der Waals surface area contributed by atoms with Crippen LogP contribution in [0.25, 0.3) is 5.69 Å². The Balaban J connectivity index is 2.09. The molecular formula is C22H20ClN5O3. The lowest BCUT2D eigenvalue weighted by atomic mass is 10.0. The zero-order valence-electron chi connectivity index (χ0n) is 16.5. The SMILES string of the molecule is C#CCOCc1nnc(CNC(=O)CN)n1-c1ccc(Cl)cc1C(=O)c1ccccc1. The molecule has 3 aromatic rings. The van der Waals surface area contributed by atoms with Crippen molar-refractivity contribution in [3.8, 4) is 18.0 Å². The van der Waals surface area contributed by atoms with Crippen molar-refractivity contribution in [3.05, 3.63) is 76.3 Å². The second-order valence-corrected chi connectivity index (χ2v) is 6.84. The summed E-state index contributed by atoms with van der Waals surface area (Å²) in [5, 5.41) is 11.4. The normalized spacial score (nSPS) is 10.5. The number of ketones is 1. The van der Waals surface area contributed by atoms with Gasteiger partial charge in [-0.3, -0.25) is 14.2 Å². The molecule has 1 aromatic heterocycles. The van der Waals surface area contributed by atoms with Gasteiger partial charge in [0.2, 0.25) is 5.91 Å². The molecule has 0 radical (unpaired) electrons. The molecule has 9 heteroatoms. The molecule has 31 heavy (non-hydrogen) atoms. The number of nitrogens with two attached hydrogens (primary N) is 1. The highest BCUT2D eigenvalue weighted by molar-refractivity contribution is 6.31. The summed E-state index contributed by atoms with van der Waals surface area (Å²) >= 11 is 6.20. The number of aromatic nitrogens is 3. The minimum absolute atomic E-state index is 0.0553. The first-order valence-corrected chi connectivity index (χ1v) is 9.73. The van der Waals surface area contributed by atoms with Gasteiger partial charge in [0.1, 0.15) is 13.2 Å². The van der Waals surface area contributed by atoms with Gasteiger partial charge in [0, 0.05) is 16.1 Å². The molecule has 8 nitrogen and oxygen atoms in total. The highest BCUT2D eigenvalue weighted by Gasteiger charge is 2.21. The molecule has 0 saturated carbocycles. The van der Waals surface area contributed by atoms with Crippen LogP contribution in [-0.4, -0.2) is 39.6 Å². The van der Waals surface area contributed by atoms with Crippen molar-refractivity contribution in [2.75, 3.05) is 13.2 Å². The number of rotatable bonds is 9. The molecule has 3 rings (SSSR count). The van der Waals surface area contributed by atoms with Crippen LogP contribution in [0, 0.1) is 12.3 Å². The van der Waals surface area contributed by atoms with Gasteiger partial charge in [-0.05, 0) is 18.2 Å². The summed E-state index contributed by atoms with van der Waals surface area (Å²) in [6, 6.07) is 13.8. The van der Waals surface area contributed by atoms with Crippen molar-refractivity contribution in [1.29, 1.82) is 0 Å². The second-order valence-electron chi connectivity index (χ2n) is 6.40. The molecule has 0 aliphatic heterocycles. The zero-order chi connectivity index (χ0) is 22.2. The Bertz CT molecular complexity index is 1120. The lowest BCUT2D eigenvalue weighted by Gasteiger charge is -2.15. The predicted molar refractivity (Wildman–Crippen MR) is 116 cm³/mol. The first-order valence-electron chi connectivity index (χ1n) is 9.36. The van der Waals surface area contributed by atoms with E-state index in [0.29, 0.717) is 33.5 Å². The number of amides is 1. The maximum absolute atomic E-state index is 13.3. The number of carbonyl (C=O) groups excluding carboxylic acids is 2. The van der Waals surface area contributed by atoms with E-state index in [1.54, 1.807) is 47.0 Å². The Morgan fingerprint density at radius 2 is 1.90 bits per heavy atom. The van der Waals surface area contributed by atoms with Gasteiger partial charge in [-0.1, -0.05) is 47.9 Å². The number of hydrogen-bond acceptors (Lipinski definition) is 6. The Labute approximate surface area is 184 Å². The van der Waals surface area contributed by atoms with E-state index in [0.717, 1.165) is 0 Å². The van der Waals surface area contributed by atoms with Crippen LogP contribution in [0.2, 0.25) is 5.02 Å². The molecule has 0 aliphatic carbocycles. The van der Waals surface area contributed by atoms with Gasteiger partial charge in [-0.2, -0.15) is 0 Å². The summed E-state index contributed by atoms with van der Waals surface area (Å²) in [5.41, 5.74) is 6.72. The number of benzene rings is 2. The average Bonchev–Trinajstić information content (AvgIpc) is 3.20. The molecular weight excluding hydrogens is 418 g/mol. The first-order chi connectivity index (χ1) is 15.0. The summed E-state index contributed by atoms with van der Waals surface area (Å²) in [4.78, 5) is 24.9. The highest BCUT2D eigenvalue weighted by atomic mass is 35.5. The predicted octanol–water partition coefficient (Wildman–Crippen LogP) is 1.88. The summed E-state index contributed by atoms with van der Waals surface area (Å²) < 4.78 is 7.07. The molecule has 0 unspecified atom stereocenters. The maximum Gasteiger partial charge on any atom is 0.234 e. The van der Waals surface area contributed by atoms with Gasteiger partial charge in [-0.25, -0.2) is 0 Å². The fourth-order valence-corrected chi connectivity index (χ4v) is 3.09. The van der Waals surface area contributed by atoms with Gasteiger partial charge in [-0.15, -0.1) is 16.6 Å². The van der Waals surface area contributed by atoms with Crippen molar-refractivity contribution in [3.63, 3.8) is 0 Å². The quantitative estimate of drug-likeness (QED) is 0.300. The van der Waals surface area contributed by atoms with Crippen molar-refractivity contribution < 1.29 is 14.3 Å². The van der Waals surface area contributed by atoms with E-state index in [1.807, 2.05) is 6.07 Å². The maximum atomic E-state index is 13.3. The molecule has 0 atom stereocenters. The van der Waals surface area contributed by atoms with Crippen LogP contribution in [0.3, 0.4) is 0 Å². The zero-order valence-corrected chi connectivity index (χ0v) is 17.3. The molecule has 0 saturated heterocycles. The Hall–Kier alpha value is -3.51. The number of carbonyl (C=O) groups is 2. The van der Waals surface area contributed by atoms with E-state index in [4.69, 9.17) is 28.5 Å². The fraction of sp³-hybridized carbons (Fsp3) is 0.182. The van der Waals surface area contributed by atoms with Crippen molar-refractivity contribution >= 4 is 23.3 Å². The largest absolute Gasteiger partial charge is 0.361 e. The lowest BCUT2D eigenvalue weighted by molar-refractivity contribution is -0.119. The van der Waals surface area contributed by atoms with Crippen molar-refractivity contribution in [2.24, 2.45) is 5.73 Å². The van der Waals surface area contributed by atoms with E-state index in [1.165, 1.54) is 0 Å². The molecule has 158 valence electrons. The third-order valence-electron chi connectivity index (χ3n) is 4.32. The molecule has 0 spiro atoms. The van der Waals surface area contributed by atoms with Gasteiger partial charge < -0.3 is 15.8 Å². The summed E-state index contributed by atoms with van der Waals surface area (Å²) in [6.07, 6.45) is 5.25. The third kappa shape index (κ3) is 5.35. The highest BCUT2D eigenvalue weighted by Crippen LogP contribution is 2.25. The van der Waals surface area contributed by atoms with Crippen LogP contribution >= 0.6 is 11.6 Å². The second kappa shape index (κ2) is 10.5. The van der Waals surface area contributed by atoms with Crippen LogP contribution in [0.5, 0.6) is 0 Å². The molecule has 0 bridgehead atoms. The summed E-state index contributed by atoms with van der Waals surface area (Å²) in [5.74, 6) is 2.62. The molecule has 1 amide bonds. The summed E-state index contributed by atoms with van der Waals surface area (Å²) in [6.45, 7) is 0.0386. The van der Waals surface area contributed by atoms with Gasteiger partial charge in [0.05, 0.1) is 18.8 Å². The molecule has 3 N–H and O–H groups in total. The van der Waals surface area contributed by atoms with Crippen LogP contribution in [0.15, 0.2) is 48.5 Å². The minimum atomic E-state index is -0.351. The van der Waals surface area contributed by atoms with E-state index >= 15 is 0 Å². The number of terminal acetylenes is 1. The van der Waals surface area contributed by atoms with Gasteiger partial charge >= 0.3 is 0 Å². The fourth-order valence-electron chi connectivity index (χ4n) is 2.92. The number of halogens is 1. The number of hydrogen-bond donors (Lipinski definition) is 2. The van der Waals surface area contributed by atoms with E-state index < -0.39 is 0 Å². The lowest BCUT2D eigenvalue weighted by Crippen LogP contribution is -2.31. The first kappa shape index (κ1) is 22.2. The molecule has 0 aliphatic rings. The monoisotopic (exact) mass is 437 g/mol. The Kier molecular flexibility index (Phi) is 7.51. The Morgan fingerprint density at radius 3 is 2.61 bits per heavy atom. The smallest absolute Gasteiger partial charge is 0.234 e. The van der Waals surface area contributed by atoms with E-state index in [9.17, 15) is 9.59 Å². The van der Waals surface area contributed by atoms with Gasteiger partial charge in [0.25, 0.3) is 0 Å². The molecule has 0 fully saturated rings. The summed E-state index contributed by atoms with van der Waals surface area (Å²) in [7, 11) is 0. The van der Waals surface area contributed by atoms with Crippen molar-refractivity contribution in [1.82, 2.24) is 20.1 Å². The van der Waals surface area contributed by atoms with E-state index in [2.05, 4.69) is 21.4 Å². The van der Waals surface area contributed by atoms with Crippen LogP contribution < -0.4 is 11.1 Å². The number of ether oxygens (including phenoxy) is 1. The molecule has 1 heterocycles. The molecule has 2 aromatic carbocycles. The van der Waals surface area contributed by atoms with Crippen LogP contribution in [0.1, 0.15) is 27.6 Å². The standard InChI is InChI=1S/C22H20ClN5O3/c1-2-10-31-14-20-27-26-19(13-25-21(29)12-24)28(20)18-9-8-16(23)11-17(18)22(30)15-6-4-3-5-7-15/h1,3-9,11H,10,12-14,24H2,(H,25,29). The van der Waals surface area contributed by atoms with E-state index in [-0.39, 0.29) is 38.0 Å². The minimum Gasteiger partial charge on any atom is -0.361 e.